The Balaban J connectivity index is 4.68. The van der Waals surface area contributed by atoms with E-state index >= 15 is 0 Å². The molecule has 0 radical (unpaired) electrons. The summed E-state index contributed by atoms with van der Waals surface area (Å²) in [5.74, 6) is 0. The Morgan fingerprint density at radius 2 is 1.67 bits per heavy atom. The number of hydrogen-bond acceptors (Lipinski definition) is 3. The Morgan fingerprint density at radius 1 is 1.22 bits per heavy atom. The molecule has 0 atom stereocenters. The first kappa shape index (κ1) is 18.2. The van der Waals surface area contributed by atoms with Gasteiger partial charge in [0.2, 0.25) is 0 Å². The molecule has 0 unspecified atom stereocenters. The van der Waals surface area contributed by atoms with E-state index < -0.39 is 7.60 Å². The van der Waals surface area contributed by atoms with Crippen molar-refractivity contribution in [2.45, 2.75) is 39.5 Å². The topological polar surface area (TPSA) is 35.5 Å². The molecule has 0 saturated heterocycles. The Hall–Kier alpha value is 0.210. The first-order chi connectivity index (χ1) is 8.51. The molecule has 18 heavy (non-hydrogen) atoms. The Labute approximate surface area is 120 Å². The van der Waals surface area contributed by atoms with Gasteiger partial charge in [-0.25, -0.2) is 0 Å². The van der Waals surface area contributed by atoms with Gasteiger partial charge in [-0.05, 0) is 12.8 Å². The molecule has 0 fully saturated rings. The highest BCUT2D eigenvalue weighted by Gasteiger charge is 2.30. The maximum absolute atomic E-state index is 12.5. The van der Waals surface area contributed by atoms with E-state index in [1.165, 1.54) is 0 Å². The van der Waals surface area contributed by atoms with Crippen LogP contribution in [0.25, 0.3) is 0 Å². The highest BCUT2D eigenvalue weighted by atomic mass is 35.5. The zero-order chi connectivity index (χ0) is 14.0. The normalized spacial score (nSPS) is 12.8. The van der Waals surface area contributed by atoms with Gasteiger partial charge >= 0.3 is 7.60 Å². The molecule has 0 aliphatic heterocycles. The monoisotopic (exact) mass is 314 g/mol. The van der Waals surface area contributed by atoms with Gasteiger partial charge in [0.1, 0.15) is 0 Å². The first-order valence-corrected chi connectivity index (χ1v) is 8.42. The Bertz CT molecular complexity index is 315. The predicted molar refractivity (Wildman–Crippen MR) is 78.3 cm³/mol. The lowest BCUT2D eigenvalue weighted by Crippen LogP contribution is -2.01. The molecular weight excluding hydrogens is 294 g/mol. The Morgan fingerprint density at radius 3 is 2.00 bits per heavy atom. The van der Waals surface area contributed by atoms with Crippen LogP contribution in [-0.2, 0) is 13.6 Å². The van der Waals surface area contributed by atoms with Crippen molar-refractivity contribution >= 4 is 30.8 Å². The lowest BCUT2D eigenvalue weighted by molar-refractivity contribution is 0.206. The maximum atomic E-state index is 12.5. The Kier molecular flexibility index (Phi) is 10.2. The maximum Gasteiger partial charge on any atom is 0.362 e. The molecule has 0 spiro atoms. The van der Waals surface area contributed by atoms with E-state index in [1.807, 2.05) is 13.8 Å². The van der Waals surface area contributed by atoms with Crippen LogP contribution in [0.3, 0.4) is 0 Å². The highest BCUT2D eigenvalue weighted by Crippen LogP contribution is 2.58. The molecular formula is C12H21Cl2O3P. The van der Waals surface area contributed by atoms with Crippen LogP contribution < -0.4 is 0 Å². The van der Waals surface area contributed by atoms with Crippen molar-refractivity contribution in [1.82, 2.24) is 0 Å². The average molecular weight is 315 g/mol. The van der Waals surface area contributed by atoms with Crippen LogP contribution in [0.5, 0.6) is 0 Å². The smallest absolute Gasteiger partial charge is 0.305 e. The third-order valence-electron chi connectivity index (χ3n) is 2.22. The van der Waals surface area contributed by atoms with E-state index in [-0.39, 0.29) is 10.3 Å². The fourth-order valence-corrected chi connectivity index (χ4v) is 3.01. The summed E-state index contributed by atoms with van der Waals surface area (Å²) in [5.41, 5.74) is 1.11. The molecule has 0 aromatic carbocycles. The van der Waals surface area contributed by atoms with Gasteiger partial charge in [-0.3, -0.25) is 4.57 Å². The van der Waals surface area contributed by atoms with Crippen LogP contribution >= 0.6 is 30.8 Å². The lowest BCUT2D eigenvalue weighted by atomic mass is 10.4. The van der Waals surface area contributed by atoms with Crippen molar-refractivity contribution in [3.05, 3.63) is 22.5 Å². The molecule has 0 aliphatic rings. The molecule has 0 rings (SSSR count). The third-order valence-corrected chi connectivity index (χ3v) is 4.97. The minimum Gasteiger partial charge on any atom is -0.305 e. The van der Waals surface area contributed by atoms with E-state index in [2.05, 4.69) is 6.58 Å². The summed E-state index contributed by atoms with van der Waals surface area (Å²) in [6.45, 7) is 8.40. The van der Waals surface area contributed by atoms with Crippen molar-refractivity contribution < 1.29 is 13.6 Å². The van der Waals surface area contributed by atoms with Crippen molar-refractivity contribution in [1.29, 1.82) is 0 Å². The number of allylic oxidation sites excluding steroid dienone is 2. The third kappa shape index (κ3) is 6.40. The standard InChI is InChI=1S/C12H21Cl2O3P/c1-4-6-8-16-18(15,17-9-7-5-2)11(3)12(14)10-13/h10H,3-9H2,1-2H3/b12-10-. The minimum atomic E-state index is -3.42. The first-order valence-electron chi connectivity index (χ1n) is 6.06. The number of unbranched alkanes of at least 4 members (excludes halogenated alkanes) is 2. The molecule has 106 valence electrons. The molecule has 0 aromatic rings. The summed E-state index contributed by atoms with van der Waals surface area (Å²) in [6.07, 6.45) is 3.49. The minimum absolute atomic E-state index is 0.105. The highest BCUT2D eigenvalue weighted by molar-refractivity contribution is 7.59. The number of rotatable bonds is 10. The van der Waals surface area contributed by atoms with Crippen LogP contribution in [0, 0.1) is 0 Å². The van der Waals surface area contributed by atoms with Crippen LogP contribution in [0.4, 0.5) is 0 Å². The average Bonchev–Trinajstić information content (AvgIpc) is 2.37. The van der Waals surface area contributed by atoms with Crippen LogP contribution in [0.15, 0.2) is 22.5 Å². The van der Waals surface area contributed by atoms with Crippen molar-refractivity contribution in [2.24, 2.45) is 0 Å². The lowest BCUT2D eigenvalue weighted by Gasteiger charge is -2.20. The zero-order valence-corrected chi connectivity index (χ0v) is 13.4. The van der Waals surface area contributed by atoms with E-state index in [0.717, 1.165) is 31.2 Å². The van der Waals surface area contributed by atoms with Gasteiger partial charge in [-0.15, -0.1) is 0 Å². The summed E-state index contributed by atoms with van der Waals surface area (Å²) in [7, 11) is -3.42. The van der Waals surface area contributed by atoms with Gasteiger partial charge in [0.05, 0.1) is 23.6 Å². The number of halogens is 2. The van der Waals surface area contributed by atoms with Gasteiger partial charge in [0, 0.05) is 5.54 Å². The van der Waals surface area contributed by atoms with Crippen LogP contribution in [0.1, 0.15) is 39.5 Å². The number of hydrogen-bond donors (Lipinski definition) is 0. The molecule has 0 bridgehead atoms. The van der Waals surface area contributed by atoms with Gasteiger partial charge in [0.15, 0.2) is 0 Å². The molecule has 6 heteroatoms. The summed E-state index contributed by atoms with van der Waals surface area (Å²) >= 11 is 11.3. The molecule has 0 N–H and O–H groups in total. The molecule has 3 nitrogen and oxygen atoms in total. The molecule has 0 aliphatic carbocycles. The van der Waals surface area contributed by atoms with E-state index in [0.29, 0.717) is 13.2 Å². The second kappa shape index (κ2) is 10.1. The quantitative estimate of drug-likeness (QED) is 0.297. The summed E-state index contributed by atoms with van der Waals surface area (Å²) in [6, 6.07) is 0. The summed E-state index contributed by atoms with van der Waals surface area (Å²) < 4.78 is 23.2. The van der Waals surface area contributed by atoms with E-state index in [1.54, 1.807) is 0 Å². The predicted octanol–water partition coefficient (Wildman–Crippen LogP) is 5.65. The van der Waals surface area contributed by atoms with Crippen LogP contribution in [-0.4, -0.2) is 13.2 Å². The van der Waals surface area contributed by atoms with Crippen LogP contribution in [0.2, 0.25) is 0 Å². The second-order valence-corrected chi connectivity index (χ2v) is 6.45. The zero-order valence-electron chi connectivity index (χ0n) is 11.0. The van der Waals surface area contributed by atoms with Gasteiger partial charge < -0.3 is 9.05 Å². The largest absolute Gasteiger partial charge is 0.362 e. The molecule has 0 aromatic heterocycles. The van der Waals surface area contributed by atoms with Crippen molar-refractivity contribution in [2.75, 3.05) is 13.2 Å². The van der Waals surface area contributed by atoms with E-state index in [4.69, 9.17) is 32.2 Å². The molecule has 0 saturated carbocycles. The summed E-state index contributed by atoms with van der Waals surface area (Å²) in [4.78, 5) is 0. The molecule has 0 amide bonds. The van der Waals surface area contributed by atoms with Gasteiger partial charge in [-0.2, -0.15) is 0 Å². The fraction of sp³-hybridized carbons (Fsp3) is 0.667. The fourth-order valence-electron chi connectivity index (χ4n) is 1.05. The van der Waals surface area contributed by atoms with Gasteiger partial charge in [-0.1, -0.05) is 56.5 Å². The van der Waals surface area contributed by atoms with Gasteiger partial charge in [0.25, 0.3) is 0 Å². The SMILES string of the molecule is C=C(/C(Cl)=C/Cl)P(=O)(OCCCC)OCCCC. The van der Waals surface area contributed by atoms with Crippen molar-refractivity contribution in [3.8, 4) is 0 Å². The second-order valence-electron chi connectivity index (χ2n) is 3.77. The molecule has 0 heterocycles. The summed E-state index contributed by atoms with van der Waals surface area (Å²) in [5, 5.41) is 0.222. The van der Waals surface area contributed by atoms with Crippen molar-refractivity contribution in [3.63, 3.8) is 0 Å². The van der Waals surface area contributed by atoms with E-state index in [9.17, 15) is 4.57 Å².